The summed E-state index contributed by atoms with van der Waals surface area (Å²) >= 11 is 12.7. The SMILES string of the molecule is O=C(Nc1nnc(S(=O)(=O)Nc2ccc(C34CC5CC(CC(C5)C3)C4)cc2)s1)c1ccc(Cl)cc1Cl. The molecule has 7 nitrogen and oxygen atoms in total. The number of nitrogens with one attached hydrogen (secondary N) is 2. The van der Waals surface area contributed by atoms with E-state index in [9.17, 15) is 13.2 Å². The lowest BCUT2D eigenvalue weighted by molar-refractivity contribution is -0.00518. The van der Waals surface area contributed by atoms with Gasteiger partial charge in [0, 0.05) is 10.7 Å². The van der Waals surface area contributed by atoms with Gasteiger partial charge in [0.1, 0.15) is 0 Å². The molecular weight excluding hydrogens is 539 g/mol. The maximum absolute atomic E-state index is 12.9. The van der Waals surface area contributed by atoms with E-state index in [4.69, 9.17) is 23.2 Å². The minimum absolute atomic E-state index is 0.0450. The van der Waals surface area contributed by atoms with E-state index in [0.29, 0.717) is 10.7 Å². The second-order valence-corrected chi connectivity index (χ2v) is 14.0. The zero-order valence-electron chi connectivity index (χ0n) is 19.2. The fraction of sp³-hybridized carbons (Fsp3) is 0.400. The van der Waals surface area contributed by atoms with E-state index in [1.54, 1.807) is 0 Å². The number of hydrogen-bond acceptors (Lipinski definition) is 6. The average Bonchev–Trinajstić information content (AvgIpc) is 3.28. The molecule has 11 heteroatoms. The van der Waals surface area contributed by atoms with Gasteiger partial charge in [-0.05, 0) is 97.6 Å². The van der Waals surface area contributed by atoms with Crippen LogP contribution >= 0.6 is 34.5 Å². The second kappa shape index (κ2) is 8.97. The molecule has 0 radical (unpaired) electrons. The molecule has 1 heterocycles. The Morgan fingerprint density at radius 3 is 2.19 bits per heavy atom. The molecule has 0 atom stereocenters. The molecule has 4 aliphatic rings. The Kier molecular flexibility index (Phi) is 6.02. The molecule has 0 spiro atoms. The van der Waals surface area contributed by atoms with Crippen molar-refractivity contribution in [3.05, 3.63) is 63.6 Å². The summed E-state index contributed by atoms with van der Waals surface area (Å²) < 4.78 is 28.2. The number of nitrogens with zero attached hydrogens (tertiary/aromatic N) is 2. The lowest BCUT2D eigenvalue weighted by atomic mass is 9.48. The third kappa shape index (κ3) is 4.51. The normalized spacial score (nSPS) is 26.7. The fourth-order valence-electron chi connectivity index (χ4n) is 6.76. The third-order valence-corrected chi connectivity index (χ3v) is 11.0. The van der Waals surface area contributed by atoms with E-state index in [-0.39, 0.29) is 25.5 Å². The molecule has 1 amide bonds. The predicted molar refractivity (Wildman–Crippen MR) is 141 cm³/mol. The van der Waals surface area contributed by atoms with Crippen molar-refractivity contribution in [1.29, 1.82) is 0 Å². The smallest absolute Gasteiger partial charge is 0.291 e. The maximum Gasteiger partial charge on any atom is 0.291 e. The Morgan fingerprint density at radius 1 is 0.944 bits per heavy atom. The van der Waals surface area contributed by atoms with Crippen LogP contribution < -0.4 is 10.0 Å². The average molecular weight is 564 g/mol. The van der Waals surface area contributed by atoms with Crippen LogP contribution in [-0.4, -0.2) is 24.5 Å². The Hall–Kier alpha value is -2.20. The minimum atomic E-state index is -3.96. The van der Waals surface area contributed by atoms with Crippen LogP contribution in [0.2, 0.25) is 10.0 Å². The lowest BCUT2D eigenvalue weighted by Gasteiger charge is -2.57. The van der Waals surface area contributed by atoms with E-state index in [1.165, 1.54) is 62.3 Å². The van der Waals surface area contributed by atoms with E-state index in [0.717, 1.165) is 29.1 Å². The third-order valence-electron chi connectivity index (χ3n) is 7.82. The van der Waals surface area contributed by atoms with Crippen molar-refractivity contribution < 1.29 is 13.2 Å². The monoisotopic (exact) mass is 562 g/mol. The van der Waals surface area contributed by atoms with Gasteiger partial charge in [0.15, 0.2) is 0 Å². The molecule has 36 heavy (non-hydrogen) atoms. The molecule has 0 saturated heterocycles. The van der Waals surface area contributed by atoms with Crippen molar-refractivity contribution in [3.8, 4) is 0 Å². The fourth-order valence-corrected chi connectivity index (χ4v) is 9.21. The van der Waals surface area contributed by atoms with Crippen molar-refractivity contribution in [3.63, 3.8) is 0 Å². The molecule has 188 valence electrons. The van der Waals surface area contributed by atoms with Gasteiger partial charge in [0.2, 0.25) is 5.13 Å². The standard InChI is InChI=1S/C25H24Cl2N4O3S2/c26-18-3-6-20(21(27)10-18)22(32)28-23-29-30-24(35-23)36(33,34)31-19-4-1-17(2-5-19)25-11-14-7-15(12-25)9-16(8-14)13-25/h1-6,10,14-16,31H,7-9,11-13H2,(H,28,29,32). The highest BCUT2D eigenvalue weighted by atomic mass is 35.5. The number of amides is 1. The quantitative estimate of drug-likeness (QED) is 0.340. The highest BCUT2D eigenvalue weighted by molar-refractivity contribution is 7.94. The first kappa shape index (κ1) is 24.2. The molecule has 1 aromatic heterocycles. The van der Waals surface area contributed by atoms with Crippen LogP contribution in [0.5, 0.6) is 0 Å². The summed E-state index contributed by atoms with van der Waals surface area (Å²) in [6.07, 6.45) is 7.91. The maximum atomic E-state index is 12.9. The summed E-state index contributed by atoms with van der Waals surface area (Å²) in [5.41, 5.74) is 2.24. The first-order chi connectivity index (χ1) is 17.2. The van der Waals surface area contributed by atoms with Gasteiger partial charge < -0.3 is 0 Å². The molecule has 0 aliphatic heterocycles. The summed E-state index contributed by atoms with van der Waals surface area (Å²) in [6.45, 7) is 0. The van der Waals surface area contributed by atoms with Gasteiger partial charge in [-0.3, -0.25) is 14.8 Å². The summed E-state index contributed by atoms with van der Waals surface area (Å²) in [4.78, 5) is 12.5. The summed E-state index contributed by atoms with van der Waals surface area (Å²) in [6, 6.07) is 12.3. The van der Waals surface area contributed by atoms with Crippen molar-refractivity contribution >= 4 is 61.3 Å². The van der Waals surface area contributed by atoms with Gasteiger partial charge in [-0.2, -0.15) is 8.42 Å². The highest BCUT2D eigenvalue weighted by Crippen LogP contribution is 2.60. The Labute approximate surface area is 223 Å². The lowest BCUT2D eigenvalue weighted by Crippen LogP contribution is -2.48. The summed E-state index contributed by atoms with van der Waals surface area (Å²) in [5, 5.41) is 10.7. The largest absolute Gasteiger partial charge is 0.296 e. The van der Waals surface area contributed by atoms with Crippen LogP contribution in [0.4, 0.5) is 10.8 Å². The highest BCUT2D eigenvalue weighted by Gasteiger charge is 2.51. The topological polar surface area (TPSA) is 101 Å². The molecular formula is C25H24Cl2N4O3S2. The van der Waals surface area contributed by atoms with Crippen LogP contribution in [-0.2, 0) is 15.4 Å². The van der Waals surface area contributed by atoms with Crippen LogP contribution in [0.3, 0.4) is 0 Å². The van der Waals surface area contributed by atoms with E-state index in [2.05, 4.69) is 32.4 Å². The molecule has 4 saturated carbocycles. The van der Waals surface area contributed by atoms with Gasteiger partial charge >= 0.3 is 0 Å². The number of sulfonamides is 1. The van der Waals surface area contributed by atoms with Crippen LogP contribution in [0.1, 0.15) is 54.4 Å². The van der Waals surface area contributed by atoms with Gasteiger partial charge in [-0.25, -0.2) is 0 Å². The second-order valence-electron chi connectivity index (χ2n) is 10.3. The number of carbonyl (C=O) groups is 1. The molecule has 3 aromatic rings. The van der Waals surface area contributed by atoms with E-state index >= 15 is 0 Å². The number of benzene rings is 2. The number of hydrogen-bond donors (Lipinski definition) is 2. The van der Waals surface area contributed by atoms with Crippen molar-refractivity contribution in [2.24, 2.45) is 17.8 Å². The molecule has 2 aromatic carbocycles. The Morgan fingerprint density at radius 2 is 1.58 bits per heavy atom. The number of anilines is 2. The van der Waals surface area contributed by atoms with Gasteiger partial charge in [-0.1, -0.05) is 46.7 Å². The molecule has 4 aliphatic carbocycles. The van der Waals surface area contributed by atoms with E-state index < -0.39 is 15.9 Å². The summed E-state index contributed by atoms with van der Waals surface area (Å²) in [7, 11) is -3.96. The first-order valence-electron chi connectivity index (χ1n) is 11.9. The Balaban J connectivity index is 1.14. The number of halogens is 2. The zero-order chi connectivity index (χ0) is 25.1. The van der Waals surface area contributed by atoms with E-state index in [1.807, 2.05) is 12.1 Å². The minimum Gasteiger partial charge on any atom is -0.296 e. The number of aromatic nitrogens is 2. The molecule has 4 fully saturated rings. The Bertz CT molecular complexity index is 1400. The van der Waals surface area contributed by atoms with Gasteiger partial charge in [-0.15, -0.1) is 10.2 Å². The zero-order valence-corrected chi connectivity index (χ0v) is 22.4. The van der Waals surface area contributed by atoms with Gasteiger partial charge in [0.05, 0.1) is 10.6 Å². The molecule has 4 bridgehead atoms. The number of rotatable bonds is 6. The molecule has 7 rings (SSSR count). The molecule has 2 N–H and O–H groups in total. The summed E-state index contributed by atoms with van der Waals surface area (Å²) in [5.74, 6) is 2.00. The van der Waals surface area contributed by atoms with Crippen molar-refractivity contribution in [1.82, 2.24) is 10.2 Å². The van der Waals surface area contributed by atoms with Crippen molar-refractivity contribution in [2.45, 2.75) is 48.3 Å². The van der Waals surface area contributed by atoms with Crippen LogP contribution in [0, 0.1) is 17.8 Å². The van der Waals surface area contributed by atoms with Crippen molar-refractivity contribution in [2.75, 3.05) is 10.0 Å². The number of carbonyl (C=O) groups excluding carboxylic acids is 1. The van der Waals surface area contributed by atoms with Gasteiger partial charge in [0.25, 0.3) is 20.3 Å². The predicted octanol–water partition coefficient (Wildman–Crippen LogP) is 6.37. The van der Waals surface area contributed by atoms with Crippen LogP contribution in [0.25, 0.3) is 0 Å². The first-order valence-corrected chi connectivity index (χ1v) is 15.0. The molecule has 0 unspecified atom stereocenters. The van der Waals surface area contributed by atoms with Crippen LogP contribution in [0.15, 0.2) is 46.8 Å².